The number of aromatic nitrogens is 4. The maximum atomic E-state index is 13.7. The molecule has 1 aliphatic heterocycles. The summed E-state index contributed by atoms with van der Waals surface area (Å²) in [6, 6.07) is 19.5. The van der Waals surface area contributed by atoms with E-state index in [4.69, 9.17) is 4.74 Å². The minimum atomic E-state index is -0.520. The Hall–Kier alpha value is -3.56. The Morgan fingerprint density at radius 2 is 1.65 bits per heavy atom. The summed E-state index contributed by atoms with van der Waals surface area (Å²) in [5.74, 6) is 0.252. The first kappa shape index (κ1) is 22.2. The van der Waals surface area contributed by atoms with Crippen LogP contribution in [0.3, 0.4) is 0 Å². The van der Waals surface area contributed by atoms with E-state index in [1.807, 2.05) is 51.9 Å². The van der Waals surface area contributed by atoms with Crippen LogP contribution in [-0.4, -0.2) is 56.9 Å². The lowest BCUT2D eigenvalue weighted by Crippen LogP contribution is -2.42. The lowest BCUT2D eigenvalue weighted by atomic mass is 10.1. The van der Waals surface area contributed by atoms with Crippen molar-refractivity contribution in [2.24, 2.45) is 0 Å². The molecule has 2 aromatic heterocycles. The van der Waals surface area contributed by atoms with Crippen LogP contribution in [0.5, 0.6) is 0 Å². The number of rotatable bonds is 6. The summed E-state index contributed by atoms with van der Waals surface area (Å²) in [7, 11) is 0. The van der Waals surface area contributed by atoms with Crippen LogP contribution < -0.4 is 0 Å². The number of nitrogens with zero attached hydrogens (tertiary/aromatic N) is 5. The van der Waals surface area contributed by atoms with E-state index in [9.17, 15) is 9.18 Å². The molecule has 0 aliphatic carbocycles. The van der Waals surface area contributed by atoms with Gasteiger partial charge in [0.15, 0.2) is 11.0 Å². The van der Waals surface area contributed by atoms with Crippen molar-refractivity contribution in [3.63, 3.8) is 0 Å². The SMILES string of the molecule is O=C([C@H](Sc1nnc(-c2ccncc2)n1-c1ccc(F)cc1)c1ccccc1)N1CCOCC1. The molecular weight excluding hydrogens is 453 g/mol. The topological polar surface area (TPSA) is 73.1 Å². The first-order chi connectivity index (χ1) is 16.7. The molecule has 0 bridgehead atoms. The Morgan fingerprint density at radius 3 is 2.35 bits per heavy atom. The van der Waals surface area contributed by atoms with Crippen LogP contribution in [0.15, 0.2) is 84.3 Å². The number of halogens is 1. The summed E-state index contributed by atoms with van der Waals surface area (Å²) in [5.41, 5.74) is 2.39. The zero-order chi connectivity index (χ0) is 23.3. The first-order valence-corrected chi connectivity index (χ1v) is 11.8. The molecule has 0 radical (unpaired) electrons. The molecule has 4 aromatic rings. The Kier molecular flexibility index (Phi) is 6.64. The first-order valence-electron chi connectivity index (χ1n) is 10.9. The van der Waals surface area contributed by atoms with Gasteiger partial charge in [-0.25, -0.2) is 4.39 Å². The molecule has 2 aromatic carbocycles. The molecule has 5 rings (SSSR count). The Balaban J connectivity index is 1.57. The van der Waals surface area contributed by atoms with E-state index in [2.05, 4.69) is 15.2 Å². The fraction of sp³-hybridized carbons (Fsp3) is 0.200. The van der Waals surface area contributed by atoms with Gasteiger partial charge in [0.1, 0.15) is 11.1 Å². The molecule has 1 amide bonds. The molecule has 0 spiro atoms. The quantitative estimate of drug-likeness (QED) is 0.390. The summed E-state index contributed by atoms with van der Waals surface area (Å²) >= 11 is 1.33. The van der Waals surface area contributed by atoms with Crippen molar-refractivity contribution in [1.29, 1.82) is 0 Å². The monoisotopic (exact) mass is 475 g/mol. The van der Waals surface area contributed by atoms with E-state index in [0.717, 1.165) is 11.1 Å². The minimum Gasteiger partial charge on any atom is -0.378 e. The van der Waals surface area contributed by atoms with Gasteiger partial charge >= 0.3 is 0 Å². The van der Waals surface area contributed by atoms with Crippen molar-refractivity contribution in [3.8, 4) is 17.1 Å². The number of ether oxygens (including phenoxy) is 1. The molecule has 3 heterocycles. The third-order valence-electron chi connectivity index (χ3n) is 5.53. The van der Waals surface area contributed by atoms with Gasteiger partial charge < -0.3 is 9.64 Å². The van der Waals surface area contributed by atoms with Gasteiger partial charge in [-0.1, -0.05) is 42.1 Å². The van der Waals surface area contributed by atoms with Crippen molar-refractivity contribution in [2.45, 2.75) is 10.4 Å². The molecule has 0 unspecified atom stereocenters. The van der Waals surface area contributed by atoms with E-state index >= 15 is 0 Å². The normalized spacial score (nSPS) is 14.7. The predicted octanol–water partition coefficient (Wildman–Crippen LogP) is 4.16. The maximum Gasteiger partial charge on any atom is 0.240 e. The standard InChI is InChI=1S/C25H22FN5O2S/c26-20-6-8-21(9-7-20)31-23(19-10-12-27-13-11-19)28-29-25(31)34-22(18-4-2-1-3-5-18)24(32)30-14-16-33-17-15-30/h1-13,22H,14-17H2/t22-/m1/s1. The van der Waals surface area contributed by atoms with Crippen LogP contribution in [0.25, 0.3) is 17.1 Å². The highest BCUT2D eigenvalue weighted by Crippen LogP contribution is 2.38. The highest BCUT2D eigenvalue weighted by atomic mass is 32.2. The molecule has 34 heavy (non-hydrogen) atoms. The highest BCUT2D eigenvalue weighted by Gasteiger charge is 2.30. The number of amides is 1. The van der Waals surface area contributed by atoms with E-state index in [-0.39, 0.29) is 11.7 Å². The smallest absolute Gasteiger partial charge is 0.240 e. The van der Waals surface area contributed by atoms with Crippen molar-refractivity contribution < 1.29 is 13.9 Å². The summed E-state index contributed by atoms with van der Waals surface area (Å²) in [6.07, 6.45) is 3.36. The lowest BCUT2D eigenvalue weighted by Gasteiger charge is -2.30. The van der Waals surface area contributed by atoms with Crippen molar-refractivity contribution in [1.82, 2.24) is 24.6 Å². The molecular formula is C25H22FN5O2S. The van der Waals surface area contributed by atoms with Gasteiger partial charge in [-0.15, -0.1) is 10.2 Å². The second-order valence-electron chi connectivity index (χ2n) is 7.70. The van der Waals surface area contributed by atoms with E-state index in [0.29, 0.717) is 43.0 Å². The van der Waals surface area contributed by atoms with Gasteiger partial charge in [0.25, 0.3) is 0 Å². The largest absolute Gasteiger partial charge is 0.378 e. The number of morpholine rings is 1. The van der Waals surface area contributed by atoms with Gasteiger partial charge in [-0.2, -0.15) is 0 Å². The number of carbonyl (C=O) groups excluding carboxylic acids is 1. The molecule has 172 valence electrons. The number of thioether (sulfide) groups is 1. The molecule has 1 aliphatic rings. The summed E-state index contributed by atoms with van der Waals surface area (Å²) in [4.78, 5) is 19.5. The number of hydrogen-bond acceptors (Lipinski definition) is 6. The van der Waals surface area contributed by atoms with Crippen LogP contribution in [0, 0.1) is 5.82 Å². The van der Waals surface area contributed by atoms with E-state index in [1.165, 1.54) is 23.9 Å². The zero-order valence-corrected chi connectivity index (χ0v) is 19.1. The van der Waals surface area contributed by atoms with Gasteiger partial charge in [0.05, 0.1) is 13.2 Å². The van der Waals surface area contributed by atoms with Crippen molar-refractivity contribution >= 4 is 17.7 Å². The Morgan fingerprint density at radius 1 is 0.941 bits per heavy atom. The van der Waals surface area contributed by atoms with Crippen LogP contribution >= 0.6 is 11.8 Å². The third-order valence-corrected chi connectivity index (χ3v) is 6.71. The number of pyridine rings is 1. The zero-order valence-electron chi connectivity index (χ0n) is 18.3. The summed E-state index contributed by atoms with van der Waals surface area (Å²) < 4.78 is 21.0. The summed E-state index contributed by atoms with van der Waals surface area (Å²) in [5, 5.41) is 8.90. The maximum absolute atomic E-state index is 13.7. The fourth-order valence-corrected chi connectivity index (χ4v) is 4.94. The summed E-state index contributed by atoms with van der Waals surface area (Å²) in [6.45, 7) is 2.15. The van der Waals surface area contributed by atoms with Gasteiger partial charge in [-0.05, 0) is 42.0 Å². The molecule has 0 saturated carbocycles. The molecule has 7 nitrogen and oxygen atoms in total. The average Bonchev–Trinajstić information content (AvgIpc) is 3.32. The highest BCUT2D eigenvalue weighted by molar-refractivity contribution is 8.00. The van der Waals surface area contributed by atoms with Crippen LogP contribution in [-0.2, 0) is 9.53 Å². The fourth-order valence-electron chi connectivity index (χ4n) is 3.80. The second-order valence-corrected chi connectivity index (χ2v) is 8.77. The molecule has 1 atom stereocenters. The van der Waals surface area contributed by atoms with Crippen LogP contribution in [0.4, 0.5) is 4.39 Å². The molecule has 9 heteroatoms. The average molecular weight is 476 g/mol. The molecule has 0 N–H and O–H groups in total. The van der Waals surface area contributed by atoms with Crippen LogP contribution in [0.2, 0.25) is 0 Å². The van der Waals surface area contributed by atoms with E-state index < -0.39 is 5.25 Å². The van der Waals surface area contributed by atoms with Gasteiger partial charge in [0, 0.05) is 36.7 Å². The van der Waals surface area contributed by atoms with E-state index in [1.54, 1.807) is 24.5 Å². The lowest BCUT2D eigenvalue weighted by molar-refractivity contribution is -0.134. The number of benzene rings is 2. The molecule has 1 saturated heterocycles. The minimum absolute atomic E-state index is 0.00128. The Labute approximate surface area is 200 Å². The Bertz CT molecular complexity index is 1250. The van der Waals surface area contributed by atoms with Gasteiger partial charge in [-0.3, -0.25) is 14.3 Å². The van der Waals surface area contributed by atoms with Gasteiger partial charge in [0.2, 0.25) is 5.91 Å². The number of hydrogen-bond donors (Lipinski definition) is 0. The third kappa shape index (κ3) is 4.71. The number of carbonyl (C=O) groups is 1. The van der Waals surface area contributed by atoms with Crippen molar-refractivity contribution in [3.05, 3.63) is 90.5 Å². The van der Waals surface area contributed by atoms with Crippen LogP contribution in [0.1, 0.15) is 10.8 Å². The molecule has 1 fully saturated rings. The predicted molar refractivity (Wildman–Crippen MR) is 127 cm³/mol. The van der Waals surface area contributed by atoms with Crippen molar-refractivity contribution in [2.75, 3.05) is 26.3 Å². The second kappa shape index (κ2) is 10.1.